The third-order valence-electron chi connectivity index (χ3n) is 4.55. The van der Waals surface area contributed by atoms with Crippen molar-refractivity contribution in [1.82, 2.24) is 30.2 Å². The number of aromatic nitrogens is 4. The molecular weight excluding hydrogens is 509 g/mol. The normalized spacial score (nSPS) is 11.3. The summed E-state index contributed by atoms with van der Waals surface area (Å²) in [5.41, 5.74) is 4.34. The van der Waals surface area contributed by atoms with Gasteiger partial charge in [0, 0.05) is 37.2 Å². The number of fused-ring (bicyclic) bond motifs is 1. The first-order valence-electron chi connectivity index (χ1n) is 9.47. The van der Waals surface area contributed by atoms with Gasteiger partial charge in [0.25, 0.3) is 0 Å². The third-order valence-corrected chi connectivity index (χ3v) is 5.49. The summed E-state index contributed by atoms with van der Waals surface area (Å²) in [5.74, 6) is 1.57. The Hall–Kier alpha value is -2.53. The minimum absolute atomic E-state index is 0. The molecule has 0 aliphatic heterocycles. The highest BCUT2D eigenvalue weighted by Crippen LogP contribution is 2.24. The van der Waals surface area contributed by atoms with Crippen LogP contribution in [0.4, 0.5) is 0 Å². The first-order valence-corrected chi connectivity index (χ1v) is 10.4. The van der Waals surface area contributed by atoms with Crippen LogP contribution in [-0.2, 0) is 13.0 Å². The number of aryl methyl sites for hydroxylation is 1. The Morgan fingerprint density at radius 2 is 1.93 bits per heavy atom. The highest BCUT2D eigenvalue weighted by molar-refractivity contribution is 14.0. The molecule has 0 aliphatic rings. The van der Waals surface area contributed by atoms with Crippen molar-refractivity contribution >= 4 is 46.9 Å². The van der Waals surface area contributed by atoms with Crippen LogP contribution in [0.3, 0.4) is 0 Å². The summed E-state index contributed by atoms with van der Waals surface area (Å²) in [4.78, 5) is 9.03. The number of halogens is 1. The quantitative estimate of drug-likeness (QED) is 0.225. The summed E-state index contributed by atoms with van der Waals surface area (Å²) >= 11 is 1.68. The fraction of sp³-hybridized carbons (Fsp3) is 0.238. The molecule has 4 aromatic rings. The Balaban J connectivity index is 0.00000256. The number of pyridine rings is 1. The number of hydrogen-bond acceptors (Lipinski definition) is 5. The van der Waals surface area contributed by atoms with E-state index in [1.807, 2.05) is 28.8 Å². The van der Waals surface area contributed by atoms with Crippen LogP contribution in [0.25, 0.3) is 16.2 Å². The van der Waals surface area contributed by atoms with Crippen molar-refractivity contribution in [2.45, 2.75) is 19.9 Å². The van der Waals surface area contributed by atoms with Gasteiger partial charge in [0.15, 0.2) is 17.4 Å². The zero-order valence-electron chi connectivity index (χ0n) is 16.9. The lowest BCUT2D eigenvalue weighted by Crippen LogP contribution is -2.38. The molecule has 0 aliphatic carbocycles. The summed E-state index contributed by atoms with van der Waals surface area (Å²) < 4.78 is 1.96. The number of guanidine groups is 1. The molecule has 2 N–H and O–H groups in total. The molecular formula is C21H24IN7S. The lowest BCUT2D eigenvalue weighted by molar-refractivity contribution is 0.754. The number of nitrogens with one attached hydrogen (secondary N) is 2. The van der Waals surface area contributed by atoms with E-state index in [0.717, 1.165) is 46.7 Å². The van der Waals surface area contributed by atoms with Gasteiger partial charge in [-0.2, -0.15) is 0 Å². The third kappa shape index (κ3) is 5.33. The van der Waals surface area contributed by atoms with Crippen LogP contribution in [0.15, 0.2) is 59.0 Å². The molecule has 4 rings (SSSR count). The Morgan fingerprint density at radius 1 is 1.10 bits per heavy atom. The van der Waals surface area contributed by atoms with E-state index in [9.17, 15) is 0 Å². The van der Waals surface area contributed by atoms with Gasteiger partial charge in [0.1, 0.15) is 5.01 Å². The number of nitrogens with zero attached hydrogens (tertiary/aromatic N) is 5. The van der Waals surface area contributed by atoms with Gasteiger partial charge >= 0.3 is 0 Å². The van der Waals surface area contributed by atoms with Crippen molar-refractivity contribution in [1.29, 1.82) is 0 Å². The van der Waals surface area contributed by atoms with Gasteiger partial charge in [-0.25, -0.2) is 4.98 Å². The predicted octanol–water partition coefficient (Wildman–Crippen LogP) is 3.69. The molecule has 0 unspecified atom stereocenters. The molecule has 0 amide bonds. The number of thiazole rings is 1. The van der Waals surface area contributed by atoms with Crippen LogP contribution in [-0.4, -0.2) is 39.1 Å². The molecule has 0 spiro atoms. The van der Waals surface area contributed by atoms with E-state index in [2.05, 4.69) is 62.4 Å². The zero-order chi connectivity index (χ0) is 20.1. The van der Waals surface area contributed by atoms with Gasteiger partial charge in [0.05, 0.1) is 12.2 Å². The second-order valence-corrected chi connectivity index (χ2v) is 7.52. The molecule has 3 aromatic heterocycles. The molecule has 156 valence electrons. The highest BCUT2D eigenvalue weighted by Gasteiger charge is 2.07. The molecule has 1 aromatic carbocycles. The van der Waals surface area contributed by atoms with E-state index < -0.39 is 0 Å². The van der Waals surface area contributed by atoms with Crippen LogP contribution < -0.4 is 10.6 Å². The van der Waals surface area contributed by atoms with E-state index in [-0.39, 0.29) is 24.0 Å². The summed E-state index contributed by atoms with van der Waals surface area (Å²) in [5, 5.41) is 18.2. The molecule has 9 heteroatoms. The fourth-order valence-electron chi connectivity index (χ4n) is 2.95. The van der Waals surface area contributed by atoms with Crippen LogP contribution in [0, 0.1) is 6.92 Å². The monoisotopic (exact) mass is 533 g/mol. The molecule has 7 nitrogen and oxygen atoms in total. The van der Waals surface area contributed by atoms with Crippen molar-refractivity contribution in [2.75, 3.05) is 13.6 Å². The van der Waals surface area contributed by atoms with Gasteiger partial charge < -0.3 is 10.6 Å². The van der Waals surface area contributed by atoms with Gasteiger partial charge in [-0.05, 0) is 19.1 Å². The average molecular weight is 533 g/mol. The zero-order valence-corrected chi connectivity index (χ0v) is 20.0. The molecule has 0 bridgehead atoms. The van der Waals surface area contributed by atoms with Crippen LogP contribution >= 0.6 is 35.3 Å². The molecule has 3 heterocycles. The maximum Gasteiger partial charge on any atom is 0.191 e. The number of hydrogen-bond donors (Lipinski definition) is 2. The van der Waals surface area contributed by atoms with Gasteiger partial charge in [-0.15, -0.1) is 45.5 Å². The predicted molar refractivity (Wildman–Crippen MR) is 133 cm³/mol. The minimum atomic E-state index is 0. The van der Waals surface area contributed by atoms with E-state index in [1.165, 1.54) is 5.56 Å². The standard InChI is InChI=1S/C21H23N7S.HI/c1-15-6-8-16(9-7-15)20-25-17(14-29-20)10-11-23-21(22-2)24-13-19-27-26-18-5-3-4-12-28(18)19;/h3-9,12,14H,10-11,13H2,1-2H3,(H2,22,23,24);1H. The van der Waals surface area contributed by atoms with Crippen LogP contribution in [0.2, 0.25) is 0 Å². The van der Waals surface area contributed by atoms with E-state index in [0.29, 0.717) is 6.54 Å². The van der Waals surface area contributed by atoms with Crippen LogP contribution in [0.5, 0.6) is 0 Å². The largest absolute Gasteiger partial charge is 0.356 e. The second kappa shape index (κ2) is 10.5. The second-order valence-electron chi connectivity index (χ2n) is 6.66. The van der Waals surface area contributed by atoms with E-state index in [4.69, 9.17) is 4.98 Å². The SMILES string of the molecule is CN=C(NCCc1csc(-c2ccc(C)cc2)n1)NCc1nnc2ccccn12.I. The topological polar surface area (TPSA) is 79.5 Å². The Kier molecular flexibility index (Phi) is 7.75. The Morgan fingerprint density at radius 3 is 2.73 bits per heavy atom. The van der Waals surface area contributed by atoms with Crippen molar-refractivity contribution in [3.8, 4) is 10.6 Å². The average Bonchev–Trinajstić information content (AvgIpc) is 3.38. The van der Waals surface area contributed by atoms with Crippen LogP contribution in [0.1, 0.15) is 17.1 Å². The summed E-state index contributed by atoms with van der Waals surface area (Å²) in [6, 6.07) is 14.3. The van der Waals surface area contributed by atoms with Gasteiger partial charge in [0.2, 0.25) is 0 Å². The molecule has 0 atom stereocenters. The fourth-order valence-corrected chi connectivity index (χ4v) is 3.81. The smallest absolute Gasteiger partial charge is 0.191 e. The first-order chi connectivity index (χ1) is 14.2. The highest BCUT2D eigenvalue weighted by atomic mass is 127. The minimum Gasteiger partial charge on any atom is -0.356 e. The summed E-state index contributed by atoms with van der Waals surface area (Å²) in [6.07, 6.45) is 2.79. The summed E-state index contributed by atoms with van der Waals surface area (Å²) in [7, 11) is 1.76. The van der Waals surface area contributed by atoms with Crippen molar-refractivity contribution in [3.63, 3.8) is 0 Å². The maximum atomic E-state index is 4.75. The molecule has 0 saturated carbocycles. The Bertz CT molecular complexity index is 1120. The molecule has 0 fully saturated rings. The van der Waals surface area contributed by atoms with E-state index >= 15 is 0 Å². The molecule has 30 heavy (non-hydrogen) atoms. The van der Waals surface area contributed by atoms with Crippen molar-refractivity contribution in [2.24, 2.45) is 4.99 Å². The number of benzene rings is 1. The Labute approximate surface area is 196 Å². The maximum absolute atomic E-state index is 4.75. The molecule has 0 saturated heterocycles. The van der Waals surface area contributed by atoms with E-state index in [1.54, 1.807) is 18.4 Å². The molecule has 0 radical (unpaired) electrons. The lowest BCUT2D eigenvalue weighted by Gasteiger charge is -2.10. The number of rotatable bonds is 6. The first kappa shape index (κ1) is 22.2. The van der Waals surface area contributed by atoms with Gasteiger partial charge in [-0.1, -0.05) is 35.9 Å². The number of aliphatic imine (C=N–C) groups is 1. The lowest BCUT2D eigenvalue weighted by atomic mass is 10.2. The van der Waals surface area contributed by atoms with Crippen molar-refractivity contribution < 1.29 is 0 Å². The van der Waals surface area contributed by atoms with Gasteiger partial charge in [-0.3, -0.25) is 9.39 Å². The summed E-state index contributed by atoms with van der Waals surface area (Å²) in [6.45, 7) is 3.38. The van der Waals surface area contributed by atoms with Crippen molar-refractivity contribution in [3.05, 3.63) is 71.1 Å².